The van der Waals surface area contributed by atoms with Gasteiger partial charge < -0.3 is 19.4 Å². The van der Waals surface area contributed by atoms with Crippen LogP contribution in [-0.4, -0.2) is 41.0 Å². The molecule has 1 N–H and O–H groups in total. The summed E-state index contributed by atoms with van der Waals surface area (Å²) in [6, 6.07) is 8.08. The number of rotatable bonds is 8. The molecule has 0 aliphatic carbocycles. The molecular formula is C22H20F4N4O2S. The predicted molar refractivity (Wildman–Crippen MR) is 119 cm³/mol. The molecule has 0 bridgehead atoms. The number of hydrogen-bond acceptors (Lipinski definition) is 6. The lowest BCUT2D eigenvalue weighted by Gasteiger charge is -2.11. The van der Waals surface area contributed by atoms with Crippen LogP contribution in [0.1, 0.15) is 5.69 Å². The first-order valence-electron chi connectivity index (χ1n) is 9.92. The van der Waals surface area contributed by atoms with Crippen LogP contribution in [0.5, 0.6) is 11.5 Å². The summed E-state index contributed by atoms with van der Waals surface area (Å²) >= 11 is 1.22. The van der Waals surface area contributed by atoms with Gasteiger partial charge in [-0.3, -0.25) is 0 Å². The molecule has 0 unspecified atom stereocenters. The molecule has 3 heterocycles. The van der Waals surface area contributed by atoms with Gasteiger partial charge in [-0.15, -0.1) is 11.3 Å². The maximum absolute atomic E-state index is 14.5. The Bertz CT molecular complexity index is 1270. The summed E-state index contributed by atoms with van der Waals surface area (Å²) in [6.07, 6.45) is -3.03. The molecule has 3 aromatic heterocycles. The molecule has 4 rings (SSSR count). The van der Waals surface area contributed by atoms with E-state index >= 15 is 0 Å². The highest BCUT2D eigenvalue weighted by Gasteiger charge is 2.28. The highest BCUT2D eigenvalue weighted by molar-refractivity contribution is 7.13. The van der Waals surface area contributed by atoms with Gasteiger partial charge in [0.25, 0.3) is 0 Å². The lowest BCUT2D eigenvalue weighted by atomic mass is 10.2. The third kappa shape index (κ3) is 5.19. The molecule has 0 radical (unpaired) electrons. The van der Waals surface area contributed by atoms with Gasteiger partial charge in [-0.1, -0.05) is 0 Å². The Labute approximate surface area is 190 Å². The van der Waals surface area contributed by atoms with Crippen LogP contribution < -0.4 is 14.8 Å². The number of benzene rings is 1. The number of aryl methyl sites for hydroxylation is 1. The zero-order chi connectivity index (χ0) is 23.6. The van der Waals surface area contributed by atoms with Crippen molar-refractivity contribution in [1.82, 2.24) is 14.5 Å². The first kappa shape index (κ1) is 22.8. The van der Waals surface area contributed by atoms with Crippen LogP contribution in [0.4, 0.5) is 23.4 Å². The van der Waals surface area contributed by atoms with Gasteiger partial charge in [0, 0.05) is 41.7 Å². The summed E-state index contributed by atoms with van der Waals surface area (Å²) in [4.78, 5) is 9.03. The van der Waals surface area contributed by atoms with Crippen LogP contribution in [0.2, 0.25) is 0 Å². The minimum atomic E-state index is -4.40. The van der Waals surface area contributed by atoms with Gasteiger partial charge in [-0.05, 0) is 25.1 Å². The van der Waals surface area contributed by atoms with Crippen molar-refractivity contribution in [3.63, 3.8) is 0 Å². The molecule has 0 saturated carbocycles. The van der Waals surface area contributed by atoms with Crippen LogP contribution >= 0.6 is 11.3 Å². The van der Waals surface area contributed by atoms with E-state index in [1.165, 1.54) is 35.2 Å². The van der Waals surface area contributed by atoms with E-state index in [2.05, 4.69) is 15.3 Å². The van der Waals surface area contributed by atoms with Gasteiger partial charge in [0.2, 0.25) is 0 Å². The number of ether oxygens (including phenoxy) is 2. The topological polar surface area (TPSA) is 61.2 Å². The molecular weight excluding hydrogens is 460 g/mol. The van der Waals surface area contributed by atoms with Gasteiger partial charge in [0.15, 0.2) is 6.61 Å². The van der Waals surface area contributed by atoms with Crippen LogP contribution in [0.3, 0.4) is 0 Å². The van der Waals surface area contributed by atoms with E-state index in [0.29, 0.717) is 46.1 Å². The van der Waals surface area contributed by atoms with Crippen molar-refractivity contribution >= 4 is 28.1 Å². The number of fused-ring (bicyclic) bond motifs is 1. The molecule has 0 aliphatic rings. The van der Waals surface area contributed by atoms with Crippen LogP contribution in [0, 0.1) is 12.7 Å². The molecule has 0 aliphatic heterocycles. The van der Waals surface area contributed by atoms with E-state index in [1.54, 1.807) is 19.2 Å². The van der Waals surface area contributed by atoms with Crippen LogP contribution in [-0.2, 0) is 6.54 Å². The second-order valence-electron chi connectivity index (χ2n) is 7.22. The summed E-state index contributed by atoms with van der Waals surface area (Å²) in [5, 5.41) is 5.39. The fraction of sp³-hybridized carbons (Fsp3) is 0.273. The summed E-state index contributed by atoms with van der Waals surface area (Å²) < 4.78 is 63.5. The largest absolute Gasteiger partial charge is 0.496 e. The molecule has 6 nitrogen and oxygen atoms in total. The second-order valence-corrected chi connectivity index (χ2v) is 8.13. The van der Waals surface area contributed by atoms with Gasteiger partial charge in [0.05, 0.1) is 23.2 Å². The maximum atomic E-state index is 14.5. The number of nitrogens with one attached hydrogen (secondary N) is 1. The molecule has 174 valence electrons. The Hall–Kier alpha value is -3.34. The van der Waals surface area contributed by atoms with Crippen LogP contribution in [0.15, 0.2) is 42.0 Å². The highest BCUT2D eigenvalue weighted by atomic mass is 32.1. The number of thiophene rings is 1. The molecule has 0 amide bonds. The first-order chi connectivity index (χ1) is 15.7. The van der Waals surface area contributed by atoms with Crippen molar-refractivity contribution in [2.75, 3.05) is 25.6 Å². The zero-order valence-corrected chi connectivity index (χ0v) is 18.6. The fourth-order valence-corrected chi connectivity index (χ4v) is 4.28. The zero-order valence-electron chi connectivity index (χ0n) is 17.7. The minimum Gasteiger partial charge on any atom is -0.496 e. The van der Waals surface area contributed by atoms with E-state index < -0.39 is 12.8 Å². The van der Waals surface area contributed by atoms with E-state index in [-0.39, 0.29) is 11.6 Å². The number of nitrogens with zero attached hydrogens (tertiary/aromatic N) is 3. The predicted octanol–water partition coefficient (Wildman–Crippen LogP) is 5.67. The molecule has 0 spiro atoms. The van der Waals surface area contributed by atoms with Crippen LogP contribution in [0.25, 0.3) is 21.5 Å². The van der Waals surface area contributed by atoms with E-state index in [4.69, 9.17) is 9.47 Å². The van der Waals surface area contributed by atoms with Crippen molar-refractivity contribution < 1.29 is 27.0 Å². The molecule has 0 atom stereocenters. The Kier molecular flexibility index (Phi) is 6.41. The van der Waals surface area contributed by atoms with E-state index in [9.17, 15) is 17.6 Å². The average molecular weight is 480 g/mol. The second kappa shape index (κ2) is 9.26. The van der Waals surface area contributed by atoms with E-state index in [0.717, 1.165) is 5.69 Å². The molecule has 0 fully saturated rings. The third-order valence-electron chi connectivity index (χ3n) is 4.94. The third-order valence-corrected chi connectivity index (χ3v) is 5.87. The van der Waals surface area contributed by atoms with Crippen molar-refractivity contribution in [3.8, 4) is 22.1 Å². The summed E-state index contributed by atoms with van der Waals surface area (Å²) in [6.45, 7) is 1.49. The Morgan fingerprint density at radius 2 is 1.97 bits per heavy atom. The maximum Gasteiger partial charge on any atom is 0.422 e. The SMILES string of the molecule is COc1ccc(F)c2c1cc(C)n2CCNc1cc(-c2cc(OCC(F)(F)F)cs2)ncn1. The Morgan fingerprint density at radius 3 is 2.73 bits per heavy atom. The lowest BCUT2D eigenvalue weighted by molar-refractivity contribution is -0.153. The first-order valence-corrected chi connectivity index (χ1v) is 10.8. The number of hydrogen-bond donors (Lipinski definition) is 1. The number of aromatic nitrogens is 3. The Morgan fingerprint density at radius 1 is 1.15 bits per heavy atom. The average Bonchev–Trinajstić information content (AvgIpc) is 3.38. The summed E-state index contributed by atoms with van der Waals surface area (Å²) in [5.41, 5.74) is 1.92. The van der Waals surface area contributed by atoms with Gasteiger partial charge >= 0.3 is 6.18 Å². The minimum absolute atomic E-state index is 0.132. The highest BCUT2D eigenvalue weighted by Crippen LogP contribution is 2.32. The van der Waals surface area contributed by atoms with Crippen molar-refractivity contribution in [2.45, 2.75) is 19.6 Å². The number of alkyl halides is 3. The summed E-state index contributed by atoms with van der Waals surface area (Å²) in [7, 11) is 1.55. The van der Waals surface area contributed by atoms with E-state index in [1.807, 2.05) is 17.6 Å². The lowest BCUT2D eigenvalue weighted by Crippen LogP contribution is -2.18. The molecule has 4 aromatic rings. The molecule has 11 heteroatoms. The molecule has 0 saturated heterocycles. The number of anilines is 1. The van der Waals surface area contributed by atoms with Gasteiger partial charge in [-0.2, -0.15) is 13.2 Å². The normalized spacial score (nSPS) is 11.7. The fourth-order valence-electron chi connectivity index (χ4n) is 3.48. The smallest absolute Gasteiger partial charge is 0.422 e. The van der Waals surface area contributed by atoms with Crippen molar-refractivity contribution in [1.29, 1.82) is 0 Å². The number of methoxy groups -OCH3 is 1. The monoisotopic (exact) mass is 480 g/mol. The standard InChI is InChI=1S/C22H20F4N4O2S/c1-13-7-15-18(31-2)4-3-16(23)21(15)30(13)6-5-27-20-9-17(28-12-29-20)19-8-14(10-33-19)32-11-22(24,25)26/h3-4,7-10,12H,5-6,11H2,1-2H3,(H,27,28,29). The van der Waals surface area contributed by atoms with Gasteiger partial charge in [0.1, 0.15) is 29.5 Å². The molecule has 1 aromatic carbocycles. The summed E-state index contributed by atoms with van der Waals surface area (Å²) in [5.74, 6) is 0.951. The number of halogens is 4. The van der Waals surface area contributed by atoms with Crippen molar-refractivity contribution in [2.24, 2.45) is 0 Å². The Balaban J connectivity index is 1.44. The van der Waals surface area contributed by atoms with Gasteiger partial charge in [-0.25, -0.2) is 14.4 Å². The van der Waals surface area contributed by atoms with Crippen molar-refractivity contribution in [3.05, 3.63) is 53.6 Å². The quantitative estimate of drug-likeness (QED) is 0.330. The molecule has 33 heavy (non-hydrogen) atoms.